The minimum atomic E-state index is -1.23. The van der Waals surface area contributed by atoms with Gasteiger partial charge in [0, 0.05) is 28.3 Å². The zero-order chi connectivity index (χ0) is 26.3. The zero-order valence-corrected chi connectivity index (χ0v) is 20.3. The fraction of sp³-hybridized carbons (Fsp3) is 0.458. The second kappa shape index (κ2) is 10.2. The Morgan fingerprint density at radius 2 is 1.95 bits per heavy atom. The molecular formula is C24H23ClN2O10. The third kappa shape index (κ3) is 4.97. The summed E-state index contributed by atoms with van der Waals surface area (Å²) in [5, 5.41) is 20.2. The lowest BCUT2D eigenvalue weighted by atomic mass is 9.85. The lowest BCUT2D eigenvalue weighted by Crippen LogP contribution is -2.37. The largest absolute Gasteiger partial charge is 0.481 e. The van der Waals surface area contributed by atoms with Crippen molar-refractivity contribution < 1.29 is 43.6 Å². The lowest BCUT2D eigenvalue weighted by Gasteiger charge is -2.22. The molecule has 1 aromatic heterocycles. The molecule has 12 nitrogen and oxygen atoms in total. The Balaban J connectivity index is 1.31. The molecule has 1 aromatic carbocycles. The van der Waals surface area contributed by atoms with E-state index in [9.17, 15) is 24.8 Å². The molecule has 4 heterocycles. The van der Waals surface area contributed by atoms with Gasteiger partial charge in [-0.15, -0.1) is 10.1 Å². The van der Waals surface area contributed by atoms with Crippen LogP contribution in [0, 0.1) is 28.9 Å². The van der Waals surface area contributed by atoms with Gasteiger partial charge in [-0.25, -0.2) is 0 Å². The van der Waals surface area contributed by atoms with Gasteiger partial charge in [0.2, 0.25) is 0 Å². The van der Waals surface area contributed by atoms with Crippen LogP contribution in [0.15, 0.2) is 30.5 Å². The molecule has 196 valence electrons. The lowest BCUT2D eigenvalue weighted by molar-refractivity contribution is -0.769. The number of carbonyl (C=O) groups is 2. The van der Waals surface area contributed by atoms with E-state index in [4.69, 9.17) is 30.5 Å². The number of carboxylic acids is 1. The molecule has 0 amide bonds. The summed E-state index contributed by atoms with van der Waals surface area (Å²) < 4.78 is 22.7. The van der Waals surface area contributed by atoms with E-state index in [2.05, 4.69) is 9.82 Å². The monoisotopic (exact) mass is 534 g/mol. The Hall–Kier alpha value is -3.32. The van der Waals surface area contributed by atoms with Crippen LogP contribution >= 0.6 is 11.6 Å². The average Bonchev–Trinajstić information content (AvgIpc) is 3.56. The van der Waals surface area contributed by atoms with Gasteiger partial charge in [0.15, 0.2) is 11.9 Å². The second-order valence-corrected chi connectivity index (χ2v) is 9.54. The molecule has 5 rings (SSSR count). The first-order chi connectivity index (χ1) is 17.7. The van der Waals surface area contributed by atoms with E-state index in [1.54, 1.807) is 25.3 Å². The summed E-state index contributed by atoms with van der Waals surface area (Å²) in [5.74, 6) is -3.67. The zero-order valence-electron chi connectivity index (χ0n) is 19.6. The number of nitrogens with zero attached hydrogens (tertiary/aromatic N) is 2. The molecule has 0 bridgehead atoms. The molecule has 2 saturated heterocycles. The number of rotatable bonds is 8. The number of esters is 1. The van der Waals surface area contributed by atoms with Gasteiger partial charge in [-0.1, -0.05) is 23.7 Å². The van der Waals surface area contributed by atoms with Crippen molar-refractivity contribution in [3.8, 4) is 5.75 Å². The summed E-state index contributed by atoms with van der Waals surface area (Å²) in [4.78, 5) is 44.7. The van der Waals surface area contributed by atoms with Crippen LogP contribution in [-0.2, 0) is 35.2 Å². The Kier molecular flexibility index (Phi) is 6.99. The number of aryl methyl sites for hydroxylation is 1. The van der Waals surface area contributed by atoms with E-state index in [-0.39, 0.29) is 25.6 Å². The van der Waals surface area contributed by atoms with Gasteiger partial charge in [0.05, 0.1) is 44.0 Å². The van der Waals surface area contributed by atoms with Crippen LogP contribution in [-0.4, -0.2) is 58.6 Å². The minimum absolute atomic E-state index is 0.0465. The van der Waals surface area contributed by atoms with Gasteiger partial charge in [0.1, 0.15) is 12.2 Å². The highest BCUT2D eigenvalue weighted by Gasteiger charge is 2.53. The molecular weight excluding hydrogens is 512 g/mol. The number of hydrogen-bond acceptors (Lipinski definition) is 10. The van der Waals surface area contributed by atoms with Gasteiger partial charge < -0.3 is 28.9 Å². The van der Waals surface area contributed by atoms with Crippen molar-refractivity contribution in [2.24, 2.45) is 11.8 Å². The van der Waals surface area contributed by atoms with Crippen LogP contribution in [0.1, 0.15) is 34.9 Å². The SMILES string of the molecule is Cc1ncc2c(c1OC(=O)C[C@H](C(=O)O)C1CO[C@@H]3[C@@H](O[N+](=O)[O-])CO[C@H]13)COC2c1ccc(Cl)cc1. The molecule has 2 unspecified atom stereocenters. The van der Waals surface area contributed by atoms with Crippen molar-refractivity contribution >= 4 is 23.5 Å². The number of fused-ring (bicyclic) bond motifs is 2. The maximum absolute atomic E-state index is 13.0. The molecule has 37 heavy (non-hydrogen) atoms. The van der Waals surface area contributed by atoms with Crippen LogP contribution in [0.5, 0.6) is 5.75 Å². The normalized spacial score (nSPS) is 26.8. The van der Waals surface area contributed by atoms with Crippen LogP contribution in [0.2, 0.25) is 5.02 Å². The first-order valence-electron chi connectivity index (χ1n) is 11.6. The molecule has 0 radical (unpaired) electrons. The number of hydrogen-bond donors (Lipinski definition) is 1. The number of pyridine rings is 1. The van der Waals surface area contributed by atoms with E-state index in [1.165, 1.54) is 0 Å². The van der Waals surface area contributed by atoms with E-state index >= 15 is 0 Å². The highest BCUT2D eigenvalue weighted by atomic mass is 35.5. The smallest absolute Gasteiger partial charge is 0.312 e. The molecule has 2 aromatic rings. The fourth-order valence-corrected chi connectivity index (χ4v) is 5.26. The Morgan fingerprint density at radius 1 is 1.22 bits per heavy atom. The van der Waals surface area contributed by atoms with Crippen molar-refractivity contribution in [1.29, 1.82) is 0 Å². The van der Waals surface area contributed by atoms with Gasteiger partial charge in [-0.2, -0.15) is 0 Å². The van der Waals surface area contributed by atoms with Gasteiger partial charge in [-0.05, 0) is 24.6 Å². The molecule has 2 fully saturated rings. The van der Waals surface area contributed by atoms with Gasteiger partial charge in [-0.3, -0.25) is 14.6 Å². The van der Waals surface area contributed by atoms with Crippen LogP contribution in [0.3, 0.4) is 0 Å². The van der Waals surface area contributed by atoms with Crippen molar-refractivity contribution in [1.82, 2.24) is 4.98 Å². The number of carbonyl (C=O) groups excluding carboxylic acids is 1. The molecule has 0 aliphatic carbocycles. The molecule has 3 aliphatic heterocycles. The summed E-state index contributed by atoms with van der Waals surface area (Å²) in [5.41, 5.74) is 2.73. The highest BCUT2D eigenvalue weighted by molar-refractivity contribution is 6.30. The topological polar surface area (TPSA) is 157 Å². The molecule has 13 heteroatoms. The van der Waals surface area contributed by atoms with Crippen LogP contribution < -0.4 is 4.74 Å². The van der Waals surface area contributed by atoms with E-state index < -0.39 is 59.7 Å². The molecule has 0 saturated carbocycles. The number of halogens is 1. The van der Waals surface area contributed by atoms with Crippen molar-refractivity contribution in [2.45, 2.75) is 44.4 Å². The van der Waals surface area contributed by atoms with E-state index in [1.807, 2.05) is 12.1 Å². The first-order valence-corrected chi connectivity index (χ1v) is 11.9. The average molecular weight is 535 g/mol. The molecule has 0 spiro atoms. The number of aliphatic carboxylic acids is 1. The Morgan fingerprint density at radius 3 is 2.65 bits per heavy atom. The number of aromatic nitrogens is 1. The molecule has 6 atom stereocenters. The van der Waals surface area contributed by atoms with E-state index in [0.29, 0.717) is 16.3 Å². The van der Waals surface area contributed by atoms with Gasteiger partial charge >= 0.3 is 11.9 Å². The van der Waals surface area contributed by atoms with Crippen molar-refractivity contribution in [2.75, 3.05) is 13.2 Å². The highest BCUT2D eigenvalue weighted by Crippen LogP contribution is 2.42. The number of carboxylic acid groups (broad SMARTS) is 1. The Bertz CT molecular complexity index is 1220. The predicted octanol–water partition coefficient (Wildman–Crippen LogP) is 2.65. The van der Waals surface area contributed by atoms with Crippen molar-refractivity contribution in [3.05, 3.63) is 68.0 Å². The maximum atomic E-state index is 13.0. The summed E-state index contributed by atoms with van der Waals surface area (Å²) in [6, 6.07) is 7.19. The van der Waals surface area contributed by atoms with Crippen LogP contribution in [0.25, 0.3) is 0 Å². The summed E-state index contributed by atoms with van der Waals surface area (Å²) in [6.07, 6.45) is -1.70. The predicted molar refractivity (Wildman–Crippen MR) is 123 cm³/mol. The summed E-state index contributed by atoms with van der Waals surface area (Å²) in [7, 11) is 0. The first kappa shape index (κ1) is 25.3. The number of benzene rings is 1. The summed E-state index contributed by atoms with van der Waals surface area (Å²) in [6.45, 7) is 1.71. The third-order valence-corrected chi connectivity index (χ3v) is 7.15. The third-order valence-electron chi connectivity index (χ3n) is 6.90. The van der Waals surface area contributed by atoms with Crippen molar-refractivity contribution in [3.63, 3.8) is 0 Å². The quantitative estimate of drug-likeness (QED) is 0.301. The number of ether oxygens (including phenoxy) is 4. The minimum Gasteiger partial charge on any atom is -0.481 e. The molecule has 3 aliphatic rings. The fourth-order valence-electron chi connectivity index (χ4n) is 5.13. The maximum Gasteiger partial charge on any atom is 0.312 e. The van der Waals surface area contributed by atoms with Crippen LogP contribution in [0.4, 0.5) is 0 Å². The second-order valence-electron chi connectivity index (χ2n) is 9.10. The summed E-state index contributed by atoms with van der Waals surface area (Å²) >= 11 is 5.99. The standard InChI is InChI=1S/C24H23ClN2O10/c1-11-20(17-9-33-21(15(17)7-26-11)12-2-4-13(25)5-3-12)36-19(28)6-14(24(29)30)16-8-34-23-18(37-27(31)32)10-35-22(16)23/h2-5,7,14,16,18,21-23H,6,8-10H2,1H3,(H,29,30)/t14-,16?,18-,21?,22+,23+/m0/s1. The van der Waals surface area contributed by atoms with E-state index in [0.717, 1.165) is 11.1 Å². The molecule has 1 N–H and O–H groups in total. The van der Waals surface area contributed by atoms with Gasteiger partial charge in [0.25, 0.3) is 5.09 Å². The Labute approximate surface area is 215 Å².